The zero-order chi connectivity index (χ0) is 15.5. The van der Waals surface area contributed by atoms with Gasteiger partial charge in [-0.15, -0.1) is 0 Å². The lowest BCUT2D eigenvalue weighted by molar-refractivity contribution is 0.587. The molecule has 0 radical (unpaired) electrons. The van der Waals surface area contributed by atoms with Gasteiger partial charge in [-0.25, -0.2) is 0 Å². The topological polar surface area (TPSA) is 0 Å². The molecule has 0 bridgehead atoms. The molecule has 4 rings (SSSR count). The molecule has 0 N–H and O–H groups in total. The van der Waals surface area contributed by atoms with E-state index in [4.69, 9.17) is 46.4 Å². The Bertz CT molecular complexity index is 896. The number of halogens is 4. The van der Waals surface area contributed by atoms with Crippen LogP contribution in [0.25, 0.3) is 21.5 Å². The quantitative estimate of drug-likeness (QED) is 0.304. The standard InChI is InChI=1S/C18H12Cl4/c19-17(20)10-9-15-14-6-5-11-3-1-2-4-12(11)13(14)7-8-16(15)18(17,21)22/h1-8H,9-10H2. The van der Waals surface area contributed by atoms with Gasteiger partial charge in [0.15, 0.2) is 8.67 Å². The van der Waals surface area contributed by atoms with E-state index in [9.17, 15) is 0 Å². The molecule has 22 heavy (non-hydrogen) atoms. The first kappa shape index (κ1) is 14.9. The van der Waals surface area contributed by atoms with Crippen molar-refractivity contribution in [1.82, 2.24) is 0 Å². The molecule has 0 atom stereocenters. The van der Waals surface area contributed by atoms with Crippen molar-refractivity contribution in [2.45, 2.75) is 21.5 Å². The number of alkyl halides is 4. The maximum absolute atomic E-state index is 6.51. The molecule has 4 heteroatoms. The molecule has 0 unspecified atom stereocenters. The van der Waals surface area contributed by atoms with Crippen molar-refractivity contribution >= 4 is 67.9 Å². The molecule has 1 aliphatic carbocycles. The van der Waals surface area contributed by atoms with E-state index in [1.54, 1.807) is 0 Å². The molecule has 0 fully saturated rings. The molecule has 0 saturated carbocycles. The first-order chi connectivity index (χ1) is 10.4. The van der Waals surface area contributed by atoms with Crippen molar-refractivity contribution in [1.29, 1.82) is 0 Å². The Balaban J connectivity index is 2.08. The maximum Gasteiger partial charge on any atom is 0.176 e. The third-order valence-electron chi connectivity index (χ3n) is 4.52. The summed E-state index contributed by atoms with van der Waals surface area (Å²) in [5, 5.41) is 4.83. The summed E-state index contributed by atoms with van der Waals surface area (Å²) in [5.74, 6) is 0. The number of fused-ring (bicyclic) bond motifs is 5. The minimum atomic E-state index is -1.30. The molecule has 0 nitrogen and oxygen atoms in total. The van der Waals surface area contributed by atoms with Crippen molar-refractivity contribution in [3.63, 3.8) is 0 Å². The second-order valence-corrected chi connectivity index (χ2v) is 8.56. The first-order valence-electron chi connectivity index (χ1n) is 7.11. The molecule has 0 heterocycles. The summed E-state index contributed by atoms with van der Waals surface area (Å²) in [6, 6.07) is 16.6. The molecule has 1 aliphatic rings. The molecule has 0 aromatic heterocycles. The number of rotatable bonds is 0. The lowest BCUT2D eigenvalue weighted by Crippen LogP contribution is -2.38. The Hall–Kier alpha value is -0.660. The van der Waals surface area contributed by atoms with Crippen LogP contribution in [0.15, 0.2) is 48.5 Å². The Kier molecular flexibility index (Phi) is 3.33. The van der Waals surface area contributed by atoms with Crippen LogP contribution in [0.5, 0.6) is 0 Å². The Morgan fingerprint density at radius 1 is 0.727 bits per heavy atom. The molecule has 0 aliphatic heterocycles. The summed E-state index contributed by atoms with van der Waals surface area (Å²) in [5.41, 5.74) is 1.96. The monoisotopic (exact) mass is 368 g/mol. The lowest BCUT2D eigenvalue weighted by Gasteiger charge is -2.39. The third kappa shape index (κ3) is 1.98. The lowest BCUT2D eigenvalue weighted by atomic mass is 9.85. The summed E-state index contributed by atoms with van der Waals surface area (Å²) in [6.07, 6.45) is 1.29. The number of hydrogen-bond acceptors (Lipinski definition) is 0. The zero-order valence-electron chi connectivity index (χ0n) is 11.5. The average molecular weight is 370 g/mol. The number of benzene rings is 3. The van der Waals surface area contributed by atoms with E-state index in [1.807, 2.05) is 12.1 Å². The number of aryl methyl sites for hydroxylation is 1. The normalized spacial score (nSPS) is 19.3. The van der Waals surface area contributed by atoms with Crippen molar-refractivity contribution in [3.05, 3.63) is 59.7 Å². The van der Waals surface area contributed by atoms with Gasteiger partial charge in [0.1, 0.15) is 0 Å². The smallest absolute Gasteiger partial charge is 0.0979 e. The molecule has 0 amide bonds. The van der Waals surface area contributed by atoms with Gasteiger partial charge in [-0.05, 0) is 45.5 Å². The molecule has 0 saturated heterocycles. The minimum Gasteiger partial charge on any atom is -0.0979 e. The second-order valence-electron chi connectivity index (χ2n) is 5.75. The van der Waals surface area contributed by atoms with Crippen LogP contribution in [0.2, 0.25) is 0 Å². The van der Waals surface area contributed by atoms with Crippen LogP contribution in [-0.2, 0) is 10.8 Å². The van der Waals surface area contributed by atoms with Crippen molar-refractivity contribution in [2.24, 2.45) is 0 Å². The van der Waals surface area contributed by atoms with Gasteiger partial charge in [-0.3, -0.25) is 0 Å². The van der Waals surface area contributed by atoms with Gasteiger partial charge in [0.2, 0.25) is 0 Å². The van der Waals surface area contributed by atoms with Gasteiger partial charge in [0, 0.05) is 0 Å². The van der Waals surface area contributed by atoms with Gasteiger partial charge in [-0.1, -0.05) is 94.9 Å². The van der Waals surface area contributed by atoms with E-state index in [-0.39, 0.29) is 0 Å². The Morgan fingerprint density at radius 3 is 2.27 bits per heavy atom. The Labute approximate surface area is 148 Å². The van der Waals surface area contributed by atoms with E-state index in [0.29, 0.717) is 6.42 Å². The highest BCUT2D eigenvalue weighted by Gasteiger charge is 2.52. The predicted molar refractivity (Wildman–Crippen MR) is 97.6 cm³/mol. The molecule has 3 aromatic carbocycles. The SMILES string of the molecule is ClC1(Cl)CCc2c(ccc3c2ccc2ccccc23)C1(Cl)Cl. The van der Waals surface area contributed by atoms with Gasteiger partial charge >= 0.3 is 0 Å². The van der Waals surface area contributed by atoms with Crippen LogP contribution in [-0.4, -0.2) is 4.33 Å². The fraction of sp³-hybridized carbons (Fsp3) is 0.222. The Morgan fingerprint density at radius 2 is 1.45 bits per heavy atom. The van der Waals surface area contributed by atoms with E-state index in [0.717, 1.165) is 17.5 Å². The van der Waals surface area contributed by atoms with Crippen molar-refractivity contribution in [3.8, 4) is 0 Å². The highest BCUT2D eigenvalue weighted by molar-refractivity contribution is 6.62. The zero-order valence-corrected chi connectivity index (χ0v) is 14.6. The molecular weight excluding hydrogens is 358 g/mol. The van der Waals surface area contributed by atoms with E-state index in [2.05, 4.69) is 36.4 Å². The first-order valence-corrected chi connectivity index (χ1v) is 8.62. The van der Waals surface area contributed by atoms with E-state index < -0.39 is 8.67 Å². The summed E-state index contributed by atoms with van der Waals surface area (Å²) >= 11 is 25.7. The maximum atomic E-state index is 6.51. The summed E-state index contributed by atoms with van der Waals surface area (Å²) < 4.78 is -2.48. The highest BCUT2D eigenvalue weighted by Crippen LogP contribution is 2.57. The summed E-state index contributed by atoms with van der Waals surface area (Å²) in [7, 11) is 0. The summed E-state index contributed by atoms with van der Waals surface area (Å²) in [6.45, 7) is 0. The van der Waals surface area contributed by atoms with E-state index in [1.165, 1.54) is 21.5 Å². The molecular formula is C18H12Cl4. The van der Waals surface area contributed by atoms with Gasteiger partial charge in [0.25, 0.3) is 0 Å². The fourth-order valence-electron chi connectivity index (χ4n) is 3.35. The van der Waals surface area contributed by atoms with Crippen molar-refractivity contribution in [2.75, 3.05) is 0 Å². The molecule has 112 valence electrons. The van der Waals surface area contributed by atoms with Gasteiger partial charge in [0.05, 0.1) is 0 Å². The van der Waals surface area contributed by atoms with Crippen LogP contribution >= 0.6 is 46.4 Å². The van der Waals surface area contributed by atoms with Gasteiger partial charge < -0.3 is 0 Å². The fourth-order valence-corrected chi connectivity index (χ4v) is 4.29. The summed E-state index contributed by atoms with van der Waals surface area (Å²) in [4.78, 5) is 0. The van der Waals surface area contributed by atoms with Gasteiger partial charge in [-0.2, -0.15) is 0 Å². The molecule has 0 spiro atoms. The van der Waals surface area contributed by atoms with Crippen molar-refractivity contribution < 1.29 is 0 Å². The average Bonchev–Trinajstić information content (AvgIpc) is 2.50. The minimum absolute atomic E-state index is 0.530. The van der Waals surface area contributed by atoms with Crippen LogP contribution in [0, 0.1) is 0 Å². The van der Waals surface area contributed by atoms with E-state index >= 15 is 0 Å². The largest absolute Gasteiger partial charge is 0.176 e. The van der Waals surface area contributed by atoms with Crippen LogP contribution < -0.4 is 0 Å². The molecule has 3 aromatic rings. The van der Waals surface area contributed by atoms with Crippen LogP contribution in [0.3, 0.4) is 0 Å². The third-order valence-corrected chi connectivity index (χ3v) is 6.91. The number of hydrogen-bond donors (Lipinski definition) is 0. The predicted octanol–water partition coefficient (Wildman–Crippen LogP) is 6.74. The van der Waals surface area contributed by atoms with Crippen LogP contribution in [0.4, 0.5) is 0 Å². The highest BCUT2D eigenvalue weighted by atomic mass is 35.5. The second kappa shape index (κ2) is 4.92. The van der Waals surface area contributed by atoms with Crippen LogP contribution in [0.1, 0.15) is 17.5 Å².